The number of halogens is 4. The van der Waals surface area contributed by atoms with Crippen LogP contribution in [0.15, 0.2) is 54.7 Å². The summed E-state index contributed by atoms with van der Waals surface area (Å²) in [5.41, 5.74) is 1.40. The number of aromatic nitrogens is 1. The Kier molecular flexibility index (Phi) is 7.92. The highest BCUT2D eigenvalue weighted by Crippen LogP contribution is 2.32. The van der Waals surface area contributed by atoms with Gasteiger partial charge in [0.15, 0.2) is 0 Å². The Balaban J connectivity index is 0.00000320. The second-order valence-electron chi connectivity index (χ2n) is 6.71. The number of fused-ring (bicyclic) bond motifs is 1. The summed E-state index contributed by atoms with van der Waals surface area (Å²) in [5, 5.41) is 0.882. The van der Waals surface area contributed by atoms with Crippen LogP contribution in [0.5, 0.6) is 0 Å². The van der Waals surface area contributed by atoms with Gasteiger partial charge in [-0.3, -0.25) is 4.90 Å². The van der Waals surface area contributed by atoms with Crippen LogP contribution in [0.2, 0.25) is 0 Å². The number of nitrogens with zero attached hydrogens (tertiary/aromatic N) is 1. The Morgan fingerprint density at radius 1 is 1.13 bits per heavy atom. The minimum Gasteiger partial charge on any atom is -0.465 e. The molecule has 1 unspecified atom stereocenters. The number of nitrogens with one attached hydrogen (secondary N) is 1. The molecule has 0 spiro atoms. The van der Waals surface area contributed by atoms with Gasteiger partial charge < -0.3 is 9.72 Å². The second-order valence-corrected chi connectivity index (χ2v) is 6.71. The number of hydrogen-bond acceptors (Lipinski definition) is 3. The van der Waals surface area contributed by atoms with E-state index in [-0.39, 0.29) is 25.6 Å². The molecule has 0 bridgehead atoms. The number of carbonyl (C=O) groups is 1. The number of alkyl halides is 3. The van der Waals surface area contributed by atoms with E-state index in [0.29, 0.717) is 12.1 Å². The Bertz CT molecular complexity index is 988. The molecule has 4 nitrogen and oxygen atoms in total. The Morgan fingerprint density at radius 2 is 1.87 bits per heavy atom. The van der Waals surface area contributed by atoms with Crippen LogP contribution in [0.1, 0.15) is 36.6 Å². The Hall–Kier alpha value is -2.51. The number of para-hydroxylation sites is 1. The molecule has 1 atom stereocenters. The average molecular weight is 441 g/mol. The molecule has 1 aromatic heterocycles. The van der Waals surface area contributed by atoms with E-state index >= 15 is 0 Å². The van der Waals surface area contributed by atoms with Gasteiger partial charge in [-0.05, 0) is 31.2 Å². The van der Waals surface area contributed by atoms with Crippen molar-refractivity contribution in [3.8, 4) is 0 Å². The fourth-order valence-electron chi connectivity index (χ4n) is 3.48. The van der Waals surface area contributed by atoms with Crippen LogP contribution in [0.25, 0.3) is 10.9 Å². The lowest BCUT2D eigenvalue weighted by Crippen LogP contribution is -2.35. The summed E-state index contributed by atoms with van der Waals surface area (Å²) < 4.78 is 44.5. The van der Waals surface area contributed by atoms with Gasteiger partial charge in [-0.25, -0.2) is 4.79 Å². The molecule has 2 aromatic carbocycles. The largest absolute Gasteiger partial charge is 0.465 e. The maximum atomic E-state index is 13.1. The minimum absolute atomic E-state index is 0. The van der Waals surface area contributed by atoms with Crippen LogP contribution >= 0.6 is 12.4 Å². The number of esters is 1. The SMILES string of the molecule is CCOC(=O)C(c1c[nH]c2ccccc12)N(CC)Cc1cccc(C(F)(F)F)c1.Cl. The van der Waals surface area contributed by atoms with Crippen LogP contribution in [0, 0.1) is 0 Å². The molecule has 3 rings (SSSR count). The molecular weight excluding hydrogens is 417 g/mol. The number of benzene rings is 2. The van der Waals surface area contributed by atoms with Gasteiger partial charge in [0.2, 0.25) is 0 Å². The first kappa shape index (κ1) is 23.8. The lowest BCUT2D eigenvalue weighted by molar-refractivity contribution is -0.150. The number of carbonyl (C=O) groups excluding carboxylic acids is 1. The molecule has 8 heteroatoms. The first-order chi connectivity index (χ1) is 13.8. The summed E-state index contributed by atoms with van der Waals surface area (Å²) in [6.07, 6.45) is -2.65. The first-order valence-electron chi connectivity index (χ1n) is 9.48. The highest BCUT2D eigenvalue weighted by atomic mass is 35.5. The number of aromatic amines is 1. The Labute approximate surface area is 179 Å². The quantitative estimate of drug-likeness (QED) is 0.477. The van der Waals surface area contributed by atoms with E-state index in [9.17, 15) is 18.0 Å². The summed E-state index contributed by atoms with van der Waals surface area (Å²) in [4.78, 5) is 17.8. The van der Waals surface area contributed by atoms with E-state index in [1.807, 2.05) is 36.1 Å². The number of likely N-dealkylation sites (N-methyl/N-ethyl adjacent to an activating group) is 1. The summed E-state index contributed by atoms with van der Waals surface area (Å²) in [7, 11) is 0. The number of H-pyrrole nitrogens is 1. The van der Waals surface area contributed by atoms with Gasteiger partial charge in [0, 0.05) is 29.2 Å². The third-order valence-corrected chi connectivity index (χ3v) is 4.84. The van der Waals surface area contributed by atoms with Gasteiger partial charge in [-0.15, -0.1) is 12.4 Å². The molecule has 1 N–H and O–H groups in total. The van der Waals surface area contributed by atoms with Crippen LogP contribution in [0.4, 0.5) is 13.2 Å². The molecule has 0 radical (unpaired) electrons. The summed E-state index contributed by atoms with van der Waals surface area (Å²) >= 11 is 0. The topological polar surface area (TPSA) is 45.3 Å². The third-order valence-electron chi connectivity index (χ3n) is 4.84. The monoisotopic (exact) mass is 440 g/mol. The highest BCUT2D eigenvalue weighted by Gasteiger charge is 2.32. The molecule has 0 aliphatic carbocycles. The summed E-state index contributed by atoms with van der Waals surface area (Å²) in [5.74, 6) is -0.425. The molecule has 0 saturated carbocycles. The molecular formula is C22H24ClF3N2O2. The zero-order chi connectivity index (χ0) is 21.0. The molecule has 30 heavy (non-hydrogen) atoms. The van der Waals surface area contributed by atoms with Crippen molar-refractivity contribution in [3.63, 3.8) is 0 Å². The standard InChI is InChI=1S/C22H23F3N2O2.ClH/c1-3-27(14-15-8-7-9-16(12-15)22(23,24)25)20(21(28)29-4-2)18-13-26-19-11-6-5-10-17(18)19;/h5-13,20,26H,3-4,14H2,1-2H3;1H. The van der Waals surface area contributed by atoms with Crippen molar-refractivity contribution in [1.82, 2.24) is 9.88 Å². The molecule has 0 saturated heterocycles. The molecule has 3 aromatic rings. The molecule has 0 aliphatic rings. The minimum atomic E-state index is -4.41. The van der Waals surface area contributed by atoms with Gasteiger partial charge >= 0.3 is 12.1 Å². The van der Waals surface area contributed by atoms with Crippen LogP contribution in [0.3, 0.4) is 0 Å². The maximum absolute atomic E-state index is 13.1. The van der Waals surface area contributed by atoms with Crippen molar-refractivity contribution in [2.24, 2.45) is 0 Å². The average Bonchev–Trinajstić information content (AvgIpc) is 3.11. The smallest absolute Gasteiger partial charge is 0.416 e. The van der Waals surface area contributed by atoms with Crippen molar-refractivity contribution in [3.05, 3.63) is 71.4 Å². The van der Waals surface area contributed by atoms with Gasteiger partial charge in [-0.1, -0.05) is 43.3 Å². The second kappa shape index (κ2) is 10.00. The van der Waals surface area contributed by atoms with Crippen molar-refractivity contribution in [2.75, 3.05) is 13.2 Å². The van der Waals surface area contributed by atoms with E-state index in [0.717, 1.165) is 28.6 Å². The Morgan fingerprint density at radius 3 is 2.53 bits per heavy atom. The normalized spacial score (nSPS) is 12.6. The van der Waals surface area contributed by atoms with Gasteiger partial charge in [0.25, 0.3) is 0 Å². The summed E-state index contributed by atoms with van der Waals surface area (Å²) in [6, 6.07) is 12.0. The molecule has 0 amide bonds. The lowest BCUT2D eigenvalue weighted by Gasteiger charge is -2.29. The maximum Gasteiger partial charge on any atom is 0.416 e. The van der Waals surface area contributed by atoms with Crippen LogP contribution < -0.4 is 0 Å². The van der Waals surface area contributed by atoms with Crippen molar-refractivity contribution in [1.29, 1.82) is 0 Å². The molecule has 162 valence electrons. The van der Waals surface area contributed by atoms with E-state index in [1.165, 1.54) is 6.07 Å². The van der Waals surface area contributed by atoms with Crippen molar-refractivity contribution >= 4 is 29.3 Å². The van der Waals surface area contributed by atoms with Gasteiger partial charge in [-0.2, -0.15) is 13.2 Å². The predicted octanol–water partition coefficient (Wildman–Crippen LogP) is 5.73. The lowest BCUT2D eigenvalue weighted by atomic mass is 10.0. The van der Waals surface area contributed by atoms with Crippen LogP contribution in [-0.2, 0) is 22.3 Å². The third kappa shape index (κ3) is 5.15. The van der Waals surface area contributed by atoms with Gasteiger partial charge in [0.05, 0.1) is 12.2 Å². The molecule has 1 heterocycles. The first-order valence-corrected chi connectivity index (χ1v) is 9.48. The number of ether oxygens (including phenoxy) is 1. The fourth-order valence-corrected chi connectivity index (χ4v) is 3.48. The van der Waals surface area contributed by atoms with E-state index < -0.39 is 23.8 Å². The fraction of sp³-hybridized carbons (Fsp3) is 0.318. The zero-order valence-corrected chi connectivity index (χ0v) is 17.5. The number of rotatable bonds is 7. The van der Waals surface area contributed by atoms with E-state index in [2.05, 4.69) is 4.98 Å². The van der Waals surface area contributed by atoms with Crippen molar-refractivity contribution < 1.29 is 22.7 Å². The number of hydrogen-bond donors (Lipinski definition) is 1. The van der Waals surface area contributed by atoms with E-state index in [1.54, 1.807) is 19.2 Å². The highest BCUT2D eigenvalue weighted by molar-refractivity contribution is 5.89. The van der Waals surface area contributed by atoms with Crippen molar-refractivity contribution in [2.45, 2.75) is 32.6 Å². The summed E-state index contributed by atoms with van der Waals surface area (Å²) in [6.45, 7) is 4.46. The van der Waals surface area contributed by atoms with Crippen LogP contribution in [-0.4, -0.2) is 29.0 Å². The van der Waals surface area contributed by atoms with E-state index in [4.69, 9.17) is 4.74 Å². The molecule has 0 fully saturated rings. The van der Waals surface area contributed by atoms with Gasteiger partial charge in [0.1, 0.15) is 6.04 Å². The predicted molar refractivity (Wildman–Crippen MR) is 112 cm³/mol. The molecule has 0 aliphatic heterocycles. The zero-order valence-electron chi connectivity index (χ0n) is 16.7.